The second-order valence-electron chi connectivity index (χ2n) is 3.71. The van der Waals surface area contributed by atoms with Crippen molar-refractivity contribution in [2.24, 2.45) is 7.05 Å². The van der Waals surface area contributed by atoms with E-state index in [1.807, 2.05) is 0 Å². The molecular formula is C9H16N4O4S. The molecule has 102 valence electrons. The zero-order chi connectivity index (χ0) is 13.9. The van der Waals surface area contributed by atoms with Gasteiger partial charge in [0.25, 0.3) is 0 Å². The number of nitrogens with one attached hydrogen (secondary N) is 1. The van der Waals surface area contributed by atoms with Gasteiger partial charge < -0.3 is 10.5 Å². The van der Waals surface area contributed by atoms with Crippen LogP contribution < -0.4 is 10.5 Å². The molecule has 1 unspecified atom stereocenters. The van der Waals surface area contributed by atoms with Crippen LogP contribution >= 0.6 is 0 Å². The fourth-order valence-electron chi connectivity index (χ4n) is 1.22. The van der Waals surface area contributed by atoms with Crippen LogP contribution in [0.5, 0.6) is 0 Å². The van der Waals surface area contributed by atoms with Gasteiger partial charge in [0.1, 0.15) is 5.82 Å². The van der Waals surface area contributed by atoms with E-state index in [-0.39, 0.29) is 6.54 Å². The highest BCUT2D eigenvalue weighted by molar-refractivity contribution is 7.90. The average molecular weight is 276 g/mol. The molecule has 0 aliphatic carbocycles. The van der Waals surface area contributed by atoms with E-state index in [0.717, 1.165) is 7.11 Å². The van der Waals surface area contributed by atoms with Gasteiger partial charge in [-0.05, 0) is 6.92 Å². The zero-order valence-electron chi connectivity index (χ0n) is 10.4. The number of hydrogen-bond donors (Lipinski definition) is 2. The van der Waals surface area contributed by atoms with Gasteiger partial charge in [0.15, 0.2) is 5.25 Å². The second-order valence-corrected chi connectivity index (χ2v) is 5.80. The lowest BCUT2D eigenvalue weighted by atomic mass is 10.3. The van der Waals surface area contributed by atoms with Crippen molar-refractivity contribution in [2.75, 3.05) is 12.8 Å². The zero-order valence-corrected chi connectivity index (χ0v) is 11.2. The average Bonchev–Trinajstić information content (AvgIpc) is 2.65. The molecule has 1 aromatic heterocycles. The normalized spacial score (nSPS) is 13.3. The van der Waals surface area contributed by atoms with Crippen LogP contribution in [0.1, 0.15) is 12.5 Å². The highest BCUT2D eigenvalue weighted by atomic mass is 32.2. The van der Waals surface area contributed by atoms with Crippen LogP contribution in [-0.4, -0.2) is 36.5 Å². The molecule has 0 aliphatic heterocycles. The molecule has 0 saturated heterocycles. The molecule has 9 heteroatoms. The number of sulfonamides is 1. The smallest absolute Gasteiger partial charge is 0.325 e. The summed E-state index contributed by atoms with van der Waals surface area (Å²) in [5, 5.41) is 2.60. The molecule has 0 bridgehead atoms. The Morgan fingerprint density at radius 2 is 2.28 bits per heavy atom. The van der Waals surface area contributed by atoms with Gasteiger partial charge in [0.05, 0.1) is 13.3 Å². The first kappa shape index (κ1) is 14.5. The number of nitrogens with two attached hydrogens (primary N) is 1. The van der Waals surface area contributed by atoms with E-state index < -0.39 is 21.2 Å². The summed E-state index contributed by atoms with van der Waals surface area (Å²) in [7, 11) is -1.02. The maximum Gasteiger partial charge on any atom is 0.325 e. The minimum Gasteiger partial charge on any atom is -0.468 e. The van der Waals surface area contributed by atoms with E-state index in [4.69, 9.17) is 5.73 Å². The van der Waals surface area contributed by atoms with E-state index in [1.165, 1.54) is 17.8 Å². The van der Waals surface area contributed by atoms with E-state index >= 15 is 0 Å². The number of esters is 1. The van der Waals surface area contributed by atoms with Crippen LogP contribution in [0.15, 0.2) is 6.20 Å². The molecule has 0 spiro atoms. The Kier molecular flexibility index (Phi) is 4.30. The first-order chi connectivity index (χ1) is 8.29. The summed E-state index contributed by atoms with van der Waals surface area (Å²) in [5.41, 5.74) is 6.21. The number of aryl methyl sites for hydroxylation is 1. The van der Waals surface area contributed by atoms with Gasteiger partial charge in [0, 0.05) is 19.2 Å². The summed E-state index contributed by atoms with van der Waals surface area (Å²) in [6.45, 7) is 1.23. The Balaban J connectivity index is 2.74. The molecule has 1 aromatic rings. The van der Waals surface area contributed by atoms with E-state index in [0.29, 0.717) is 11.4 Å². The van der Waals surface area contributed by atoms with Crippen LogP contribution in [0.2, 0.25) is 0 Å². The Bertz CT molecular complexity index is 537. The number of rotatable bonds is 5. The van der Waals surface area contributed by atoms with Crippen LogP contribution in [0.4, 0.5) is 5.82 Å². The fourth-order valence-corrected chi connectivity index (χ4v) is 2.18. The predicted molar refractivity (Wildman–Crippen MR) is 64.9 cm³/mol. The largest absolute Gasteiger partial charge is 0.468 e. The van der Waals surface area contributed by atoms with E-state index in [9.17, 15) is 13.2 Å². The van der Waals surface area contributed by atoms with Gasteiger partial charge in [-0.3, -0.25) is 9.48 Å². The third-order valence-electron chi connectivity index (χ3n) is 2.53. The van der Waals surface area contributed by atoms with Gasteiger partial charge in [-0.1, -0.05) is 0 Å². The van der Waals surface area contributed by atoms with Crippen molar-refractivity contribution in [1.82, 2.24) is 14.5 Å². The summed E-state index contributed by atoms with van der Waals surface area (Å²) in [4.78, 5) is 11.2. The van der Waals surface area contributed by atoms with Crippen molar-refractivity contribution in [3.63, 3.8) is 0 Å². The number of anilines is 1. The summed E-state index contributed by atoms with van der Waals surface area (Å²) in [6, 6.07) is 0. The van der Waals surface area contributed by atoms with Gasteiger partial charge in [0.2, 0.25) is 10.0 Å². The second kappa shape index (κ2) is 5.36. The molecular weight excluding hydrogens is 260 g/mol. The van der Waals surface area contributed by atoms with Gasteiger partial charge in [-0.15, -0.1) is 0 Å². The summed E-state index contributed by atoms with van der Waals surface area (Å²) in [5.74, 6) is -0.454. The number of carbonyl (C=O) groups excluding carboxylic acids is 1. The number of nitrogen functional groups attached to an aromatic ring is 1. The lowest BCUT2D eigenvalue weighted by Gasteiger charge is -2.11. The highest BCUT2D eigenvalue weighted by Gasteiger charge is 2.28. The fraction of sp³-hybridized carbons (Fsp3) is 0.556. The van der Waals surface area contributed by atoms with Crippen molar-refractivity contribution in [3.05, 3.63) is 11.8 Å². The van der Waals surface area contributed by atoms with Crippen molar-refractivity contribution in [3.8, 4) is 0 Å². The van der Waals surface area contributed by atoms with Crippen LogP contribution in [-0.2, 0) is 33.1 Å². The first-order valence-corrected chi connectivity index (χ1v) is 6.67. The van der Waals surface area contributed by atoms with E-state index in [1.54, 1.807) is 7.05 Å². The molecule has 0 aliphatic rings. The Hall–Kier alpha value is -1.61. The maximum atomic E-state index is 11.7. The number of nitrogens with zero attached hydrogens (tertiary/aromatic N) is 2. The number of carbonyl (C=O) groups is 1. The third kappa shape index (κ3) is 2.99. The van der Waals surface area contributed by atoms with Crippen molar-refractivity contribution in [2.45, 2.75) is 18.7 Å². The van der Waals surface area contributed by atoms with Gasteiger partial charge in [-0.2, -0.15) is 5.10 Å². The Morgan fingerprint density at radius 3 is 2.72 bits per heavy atom. The van der Waals surface area contributed by atoms with Crippen LogP contribution in [0, 0.1) is 0 Å². The maximum absolute atomic E-state index is 11.7. The number of ether oxygens (including phenoxy) is 1. The van der Waals surface area contributed by atoms with Crippen LogP contribution in [0.3, 0.4) is 0 Å². The molecule has 0 aromatic carbocycles. The quantitative estimate of drug-likeness (QED) is 0.665. The molecule has 0 radical (unpaired) electrons. The SMILES string of the molecule is COC(=O)C(C)S(=O)(=O)NCc1cnn(C)c1N. The topological polar surface area (TPSA) is 116 Å². The number of aromatic nitrogens is 2. The van der Waals surface area contributed by atoms with Crippen molar-refractivity contribution < 1.29 is 17.9 Å². The molecule has 0 amide bonds. The lowest BCUT2D eigenvalue weighted by Crippen LogP contribution is -2.37. The predicted octanol–water partition coefficient (Wildman–Crippen LogP) is -1.02. The summed E-state index contributed by atoms with van der Waals surface area (Å²) >= 11 is 0. The Labute approximate surface area is 105 Å². The molecule has 1 heterocycles. The third-order valence-corrected chi connectivity index (χ3v) is 4.20. The van der Waals surface area contributed by atoms with Gasteiger partial charge >= 0.3 is 5.97 Å². The monoisotopic (exact) mass is 276 g/mol. The summed E-state index contributed by atoms with van der Waals surface area (Å²) < 4.78 is 31.6. The molecule has 0 fully saturated rings. The molecule has 8 nitrogen and oxygen atoms in total. The van der Waals surface area contributed by atoms with Crippen LogP contribution in [0.25, 0.3) is 0 Å². The highest BCUT2D eigenvalue weighted by Crippen LogP contribution is 2.10. The standard InChI is InChI=1S/C9H16N4O4S/c1-6(9(14)17-3)18(15,16)12-5-7-4-11-13(2)8(7)10/h4,6,12H,5,10H2,1-3H3. The molecule has 3 N–H and O–H groups in total. The number of methoxy groups -OCH3 is 1. The van der Waals surface area contributed by atoms with E-state index in [2.05, 4.69) is 14.6 Å². The molecule has 1 rings (SSSR count). The lowest BCUT2D eigenvalue weighted by molar-refractivity contribution is -0.139. The van der Waals surface area contributed by atoms with Crippen molar-refractivity contribution >= 4 is 21.8 Å². The molecule has 18 heavy (non-hydrogen) atoms. The first-order valence-electron chi connectivity index (χ1n) is 5.12. The van der Waals surface area contributed by atoms with Crippen molar-refractivity contribution in [1.29, 1.82) is 0 Å². The summed E-state index contributed by atoms with van der Waals surface area (Å²) in [6.07, 6.45) is 1.46. The minimum atomic E-state index is -3.79. The number of hydrogen-bond acceptors (Lipinski definition) is 6. The molecule has 0 saturated carbocycles. The van der Waals surface area contributed by atoms with Gasteiger partial charge in [-0.25, -0.2) is 13.1 Å². The molecule has 1 atom stereocenters. The minimum absolute atomic E-state index is 0.0245. The Morgan fingerprint density at radius 1 is 1.67 bits per heavy atom.